The lowest BCUT2D eigenvalue weighted by atomic mass is 10.1. The van der Waals surface area contributed by atoms with Gasteiger partial charge in [0.25, 0.3) is 5.91 Å². The molecule has 1 aliphatic carbocycles. The molecule has 2 rings (SSSR count). The van der Waals surface area contributed by atoms with Crippen LogP contribution < -0.4 is 10.7 Å². The molecule has 5 nitrogen and oxygen atoms in total. The Hall–Kier alpha value is -2.17. The van der Waals surface area contributed by atoms with E-state index in [-0.39, 0.29) is 17.7 Å². The van der Waals surface area contributed by atoms with Gasteiger partial charge in [-0.2, -0.15) is 5.10 Å². The van der Waals surface area contributed by atoms with Crippen LogP contribution in [0.15, 0.2) is 29.4 Å². The van der Waals surface area contributed by atoms with Crippen molar-refractivity contribution in [1.82, 2.24) is 5.43 Å². The van der Waals surface area contributed by atoms with Gasteiger partial charge in [0.05, 0.1) is 0 Å². The zero-order valence-corrected chi connectivity index (χ0v) is 12.5. The van der Waals surface area contributed by atoms with Crippen LogP contribution in [0.2, 0.25) is 0 Å². The number of hydrogen-bond acceptors (Lipinski definition) is 3. The van der Waals surface area contributed by atoms with E-state index < -0.39 is 0 Å². The first-order valence-electron chi connectivity index (χ1n) is 7.33. The second-order valence-electron chi connectivity index (χ2n) is 5.55. The highest BCUT2D eigenvalue weighted by atomic mass is 16.2. The van der Waals surface area contributed by atoms with E-state index in [1.807, 2.05) is 13.8 Å². The number of hydrazone groups is 1. The summed E-state index contributed by atoms with van der Waals surface area (Å²) in [6, 6.07) is 6.80. The summed E-state index contributed by atoms with van der Waals surface area (Å²) in [5, 5.41) is 6.93. The molecule has 0 heterocycles. The van der Waals surface area contributed by atoms with E-state index in [1.54, 1.807) is 24.3 Å². The molecular weight excluding hydrogens is 266 g/mol. The first-order valence-corrected chi connectivity index (χ1v) is 7.33. The number of rotatable bonds is 4. The van der Waals surface area contributed by atoms with Crippen LogP contribution in [-0.4, -0.2) is 17.5 Å². The van der Waals surface area contributed by atoms with E-state index in [0.29, 0.717) is 11.3 Å². The standard InChI is InChI=1S/C16H21N3O2/c1-11(2)15(20)17-13-9-7-12(8-10-13)16(21)19-18-14-5-3-4-6-14/h7-11H,3-6H2,1-2H3,(H,17,20)(H,19,21). The van der Waals surface area contributed by atoms with E-state index in [0.717, 1.165) is 31.4 Å². The SMILES string of the molecule is CC(C)C(=O)Nc1ccc(C(=O)NN=C2CCCC2)cc1. The third-order valence-electron chi connectivity index (χ3n) is 3.44. The number of nitrogens with one attached hydrogen (secondary N) is 2. The van der Waals surface area contributed by atoms with Crippen LogP contribution in [0.5, 0.6) is 0 Å². The van der Waals surface area contributed by atoms with Crippen molar-refractivity contribution in [1.29, 1.82) is 0 Å². The molecule has 21 heavy (non-hydrogen) atoms. The van der Waals surface area contributed by atoms with Crippen LogP contribution in [0.4, 0.5) is 5.69 Å². The second-order valence-corrected chi connectivity index (χ2v) is 5.55. The van der Waals surface area contributed by atoms with E-state index in [2.05, 4.69) is 15.8 Å². The Morgan fingerprint density at radius 3 is 2.29 bits per heavy atom. The molecule has 0 spiro atoms. The summed E-state index contributed by atoms with van der Waals surface area (Å²) in [7, 11) is 0. The normalized spacial score (nSPS) is 14.1. The molecule has 1 saturated carbocycles. The monoisotopic (exact) mass is 287 g/mol. The number of carbonyl (C=O) groups excluding carboxylic acids is 2. The molecule has 1 aromatic carbocycles. The smallest absolute Gasteiger partial charge is 0.271 e. The van der Waals surface area contributed by atoms with Gasteiger partial charge in [-0.25, -0.2) is 5.43 Å². The van der Waals surface area contributed by atoms with Gasteiger partial charge in [0.2, 0.25) is 5.91 Å². The lowest BCUT2D eigenvalue weighted by Crippen LogP contribution is -2.20. The van der Waals surface area contributed by atoms with Crippen molar-refractivity contribution >= 4 is 23.2 Å². The van der Waals surface area contributed by atoms with Crippen molar-refractivity contribution in [3.63, 3.8) is 0 Å². The third kappa shape index (κ3) is 4.41. The molecule has 0 unspecified atom stereocenters. The molecule has 0 radical (unpaired) electrons. The van der Waals surface area contributed by atoms with Crippen LogP contribution in [0.25, 0.3) is 0 Å². The minimum atomic E-state index is -0.226. The summed E-state index contributed by atoms with van der Waals surface area (Å²) >= 11 is 0. The maximum absolute atomic E-state index is 11.9. The van der Waals surface area contributed by atoms with Gasteiger partial charge in [0.1, 0.15) is 0 Å². The fraction of sp³-hybridized carbons (Fsp3) is 0.438. The van der Waals surface area contributed by atoms with Gasteiger partial charge in [-0.3, -0.25) is 9.59 Å². The lowest BCUT2D eigenvalue weighted by molar-refractivity contribution is -0.118. The second kappa shape index (κ2) is 7.02. The molecule has 0 atom stereocenters. The first kappa shape index (κ1) is 15.2. The maximum atomic E-state index is 11.9. The Bertz CT molecular complexity index is 539. The predicted octanol–water partition coefficient (Wildman–Crippen LogP) is 2.94. The average molecular weight is 287 g/mol. The zero-order valence-electron chi connectivity index (χ0n) is 12.5. The maximum Gasteiger partial charge on any atom is 0.271 e. The van der Waals surface area contributed by atoms with Gasteiger partial charge in [-0.05, 0) is 49.9 Å². The van der Waals surface area contributed by atoms with Gasteiger partial charge < -0.3 is 5.32 Å². The Kier molecular flexibility index (Phi) is 5.09. The molecule has 5 heteroatoms. The fourth-order valence-electron chi connectivity index (χ4n) is 2.08. The third-order valence-corrected chi connectivity index (χ3v) is 3.44. The Morgan fingerprint density at radius 2 is 1.71 bits per heavy atom. The number of amides is 2. The summed E-state index contributed by atoms with van der Waals surface area (Å²) in [6.07, 6.45) is 4.25. The molecule has 0 aromatic heterocycles. The predicted molar refractivity (Wildman–Crippen MR) is 83.3 cm³/mol. The Balaban J connectivity index is 1.93. The van der Waals surface area contributed by atoms with E-state index in [1.165, 1.54) is 0 Å². The highest BCUT2D eigenvalue weighted by Gasteiger charge is 2.10. The quantitative estimate of drug-likeness (QED) is 0.836. The number of benzene rings is 1. The molecule has 2 amide bonds. The summed E-state index contributed by atoms with van der Waals surface area (Å²) in [4.78, 5) is 23.5. The van der Waals surface area contributed by atoms with Crippen LogP contribution in [-0.2, 0) is 4.79 Å². The Labute approximate surface area is 124 Å². The van der Waals surface area contributed by atoms with E-state index >= 15 is 0 Å². The van der Waals surface area contributed by atoms with Crippen molar-refractivity contribution in [2.75, 3.05) is 5.32 Å². The highest BCUT2D eigenvalue weighted by Crippen LogP contribution is 2.14. The number of nitrogens with zero attached hydrogens (tertiary/aromatic N) is 1. The number of hydrogen-bond donors (Lipinski definition) is 2. The number of carbonyl (C=O) groups is 2. The van der Waals surface area contributed by atoms with Gasteiger partial charge >= 0.3 is 0 Å². The molecule has 0 aliphatic heterocycles. The fourth-order valence-corrected chi connectivity index (χ4v) is 2.08. The minimum Gasteiger partial charge on any atom is -0.326 e. The van der Waals surface area contributed by atoms with E-state index in [4.69, 9.17) is 0 Å². The molecule has 1 fully saturated rings. The molecule has 112 valence electrons. The summed E-state index contributed by atoms with van der Waals surface area (Å²) in [5.74, 6) is -0.341. The van der Waals surface area contributed by atoms with Gasteiger partial charge in [0.15, 0.2) is 0 Å². The average Bonchev–Trinajstić information content (AvgIpc) is 2.98. The van der Waals surface area contributed by atoms with Crippen LogP contribution in [0.1, 0.15) is 49.9 Å². The molecule has 1 aliphatic rings. The van der Waals surface area contributed by atoms with Crippen molar-refractivity contribution in [2.45, 2.75) is 39.5 Å². The van der Waals surface area contributed by atoms with Crippen molar-refractivity contribution < 1.29 is 9.59 Å². The van der Waals surface area contributed by atoms with Crippen LogP contribution >= 0.6 is 0 Å². The highest BCUT2D eigenvalue weighted by molar-refractivity contribution is 5.97. The van der Waals surface area contributed by atoms with Crippen LogP contribution in [0, 0.1) is 5.92 Å². The topological polar surface area (TPSA) is 70.6 Å². The van der Waals surface area contributed by atoms with E-state index in [9.17, 15) is 9.59 Å². The largest absolute Gasteiger partial charge is 0.326 e. The minimum absolute atomic E-state index is 0.0418. The zero-order chi connectivity index (χ0) is 15.2. The summed E-state index contributed by atoms with van der Waals surface area (Å²) in [6.45, 7) is 3.67. The van der Waals surface area contributed by atoms with Gasteiger partial charge in [-0.15, -0.1) is 0 Å². The van der Waals surface area contributed by atoms with Crippen molar-refractivity contribution in [3.8, 4) is 0 Å². The lowest BCUT2D eigenvalue weighted by Gasteiger charge is -2.08. The Morgan fingerprint density at radius 1 is 1.10 bits per heavy atom. The molecule has 0 saturated heterocycles. The summed E-state index contributed by atoms with van der Waals surface area (Å²) in [5.41, 5.74) is 4.86. The first-order chi connectivity index (χ1) is 10.1. The summed E-state index contributed by atoms with van der Waals surface area (Å²) < 4.78 is 0. The number of anilines is 1. The molecule has 0 bridgehead atoms. The molecular formula is C16H21N3O2. The molecule has 2 N–H and O–H groups in total. The van der Waals surface area contributed by atoms with Gasteiger partial charge in [0, 0.05) is 22.9 Å². The van der Waals surface area contributed by atoms with Crippen molar-refractivity contribution in [2.24, 2.45) is 11.0 Å². The molecule has 1 aromatic rings. The van der Waals surface area contributed by atoms with Gasteiger partial charge in [-0.1, -0.05) is 13.8 Å². The van der Waals surface area contributed by atoms with Crippen molar-refractivity contribution in [3.05, 3.63) is 29.8 Å². The van der Waals surface area contributed by atoms with Crippen LogP contribution in [0.3, 0.4) is 0 Å².